The Labute approximate surface area is 144 Å². The van der Waals surface area contributed by atoms with Crippen LogP contribution in [0.1, 0.15) is 34.7 Å². The zero-order valence-corrected chi connectivity index (χ0v) is 13.9. The van der Waals surface area contributed by atoms with Gasteiger partial charge in [-0.2, -0.15) is 10.2 Å². The van der Waals surface area contributed by atoms with E-state index in [1.54, 1.807) is 28.0 Å². The average Bonchev–Trinajstić information content (AvgIpc) is 3.36. The second-order valence-corrected chi connectivity index (χ2v) is 6.31. The lowest BCUT2D eigenvalue weighted by Crippen LogP contribution is -2.38. The van der Waals surface area contributed by atoms with Crippen LogP contribution in [0.5, 0.6) is 0 Å². The number of carbonyl (C=O) groups is 1. The first-order chi connectivity index (χ1) is 12.2. The van der Waals surface area contributed by atoms with Gasteiger partial charge in [0.15, 0.2) is 11.5 Å². The van der Waals surface area contributed by atoms with E-state index in [1.165, 1.54) is 6.33 Å². The summed E-state index contributed by atoms with van der Waals surface area (Å²) in [5.41, 5.74) is 1.41. The molecule has 0 saturated carbocycles. The standard InChI is InChI=1S/C16H19N7O2/c1-12-6-18-21(7-12)9-14-5-15(20-25-14)16(24)23-4-2-3-13(23)8-22-11-17-10-19-22/h5-7,10-11,13H,2-4,8-9H2,1H3. The molecule has 4 rings (SSSR count). The summed E-state index contributed by atoms with van der Waals surface area (Å²) >= 11 is 0. The molecule has 1 amide bonds. The second kappa shape index (κ2) is 6.50. The predicted octanol–water partition coefficient (Wildman–Crippen LogP) is 1.12. The topological polar surface area (TPSA) is 94.9 Å². The fourth-order valence-corrected chi connectivity index (χ4v) is 3.18. The van der Waals surface area contributed by atoms with Gasteiger partial charge in [-0.3, -0.25) is 14.2 Å². The van der Waals surface area contributed by atoms with Crippen molar-refractivity contribution in [2.75, 3.05) is 6.54 Å². The van der Waals surface area contributed by atoms with E-state index >= 15 is 0 Å². The summed E-state index contributed by atoms with van der Waals surface area (Å²) in [6.07, 6.45) is 8.79. The number of aryl methyl sites for hydroxylation is 1. The SMILES string of the molecule is Cc1cnn(Cc2cc(C(=O)N3CCCC3Cn3cncn3)no2)c1. The van der Waals surface area contributed by atoms with Crippen LogP contribution in [0.4, 0.5) is 0 Å². The van der Waals surface area contributed by atoms with Crippen molar-refractivity contribution in [1.29, 1.82) is 0 Å². The monoisotopic (exact) mass is 341 g/mol. The highest BCUT2D eigenvalue weighted by Crippen LogP contribution is 2.21. The van der Waals surface area contributed by atoms with Crippen LogP contribution in [0.2, 0.25) is 0 Å². The van der Waals surface area contributed by atoms with Crippen molar-refractivity contribution in [3.8, 4) is 0 Å². The lowest BCUT2D eigenvalue weighted by atomic mass is 10.2. The highest BCUT2D eigenvalue weighted by Gasteiger charge is 2.31. The molecule has 1 saturated heterocycles. The van der Waals surface area contributed by atoms with Gasteiger partial charge in [0, 0.05) is 18.8 Å². The van der Waals surface area contributed by atoms with Crippen molar-refractivity contribution in [2.24, 2.45) is 0 Å². The van der Waals surface area contributed by atoms with Crippen LogP contribution in [0.15, 0.2) is 35.6 Å². The van der Waals surface area contributed by atoms with Gasteiger partial charge in [-0.1, -0.05) is 5.16 Å². The van der Waals surface area contributed by atoms with Crippen LogP contribution in [-0.4, -0.2) is 53.1 Å². The Morgan fingerprint density at radius 2 is 2.28 bits per heavy atom. The van der Waals surface area contributed by atoms with E-state index in [9.17, 15) is 4.79 Å². The summed E-state index contributed by atoms with van der Waals surface area (Å²) in [7, 11) is 0. The molecule has 0 radical (unpaired) electrons. The van der Waals surface area contributed by atoms with Crippen LogP contribution < -0.4 is 0 Å². The zero-order valence-electron chi connectivity index (χ0n) is 13.9. The second-order valence-electron chi connectivity index (χ2n) is 6.31. The molecule has 1 fully saturated rings. The maximum atomic E-state index is 12.8. The van der Waals surface area contributed by atoms with Crippen LogP contribution in [-0.2, 0) is 13.1 Å². The summed E-state index contributed by atoms with van der Waals surface area (Å²) in [5, 5.41) is 12.3. The molecule has 9 heteroatoms. The summed E-state index contributed by atoms with van der Waals surface area (Å²) in [4.78, 5) is 18.6. The maximum absolute atomic E-state index is 12.8. The Morgan fingerprint density at radius 1 is 1.36 bits per heavy atom. The van der Waals surface area contributed by atoms with Gasteiger partial charge in [0.25, 0.3) is 5.91 Å². The molecular weight excluding hydrogens is 322 g/mol. The van der Waals surface area contributed by atoms with Crippen molar-refractivity contribution < 1.29 is 9.32 Å². The predicted molar refractivity (Wildman–Crippen MR) is 86.6 cm³/mol. The summed E-state index contributed by atoms with van der Waals surface area (Å²) in [5.74, 6) is 0.507. The van der Waals surface area contributed by atoms with Crippen molar-refractivity contribution in [3.63, 3.8) is 0 Å². The molecular formula is C16H19N7O2. The number of hydrogen-bond donors (Lipinski definition) is 0. The maximum Gasteiger partial charge on any atom is 0.276 e. The van der Waals surface area contributed by atoms with Gasteiger partial charge in [-0.15, -0.1) is 0 Å². The highest BCUT2D eigenvalue weighted by molar-refractivity contribution is 5.92. The number of likely N-dealkylation sites (tertiary alicyclic amines) is 1. The third kappa shape index (κ3) is 3.30. The Balaban J connectivity index is 1.45. The molecule has 4 heterocycles. The zero-order chi connectivity index (χ0) is 17.2. The van der Waals surface area contributed by atoms with E-state index in [0.29, 0.717) is 24.5 Å². The van der Waals surface area contributed by atoms with E-state index < -0.39 is 0 Å². The van der Waals surface area contributed by atoms with Gasteiger partial charge >= 0.3 is 0 Å². The number of amides is 1. The molecule has 3 aromatic heterocycles. The minimum Gasteiger partial charge on any atom is -0.359 e. The van der Waals surface area contributed by atoms with Crippen molar-refractivity contribution in [3.05, 3.63) is 48.1 Å². The Hall–Kier alpha value is -2.97. The molecule has 0 aliphatic carbocycles. The Kier molecular flexibility index (Phi) is 4.04. The van der Waals surface area contributed by atoms with Crippen LogP contribution in [0.25, 0.3) is 0 Å². The minimum absolute atomic E-state index is 0.100. The van der Waals surface area contributed by atoms with Gasteiger partial charge < -0.3 is 9.42 Å². The molecule has 25 heavy (non-hydrogen) atoms. The first-order valence-corrected chi connectivity index (χ1v) is 8.27. The van der Waals surface area contributed by atoms with Gasteiger partial charge in [0.1, 0.15) is 19.2 Å². The van der Waals surface area contributed by atoms with Crippen molar-refractivity contribution >= 4 is 5.91 Å². The summed E-state index contributed by atoms with van der Waals surface area (Å²) < 4.78 is 8.83. The van der Waals surface area contributed by atoms with E-state index in [1.807, 2.05) is 18.0 Å². The highest BCUT2D eigenvalue weighted by atomic mass is 16.5. The number of aromatic nitrogens is 6. The normalized spacial score (nSPS) is 17.3. The molecule has 1 unspecified atom stereocenters. The molecule has 1 aliphatic heterocycles. The van der Waals surface area contributed by atoms with Gasteiger partial charge in [-0.25, -0.2) is 4.98 Å². The molecule has 0 aromatic carbocycles. The van der Waals surface area contributed by atoms with Crippen molar-refractivity contribution in [2.45, 2.75) is 38.9 Å². The van der Waals surface area contributed by atoms with E-state index in [0.717, 1.165) is 24.9 Å². The van der Waals surface area contributed by atoms with E-state index in [2.05, 4.69) is 20.3 Å². The molecule has 9 nitrogen and oxygen atoms in total. The quantitative estimate of drug-likeness (QED) is 0.690. The number of nitrogens with zero attached hydrogens (tertiary/aromatic N) is 7. The molecule has 130 valence electrons. The van der Waals surface area contributed by atoms with Gasteiger partial charge in [0.05, 0.1) is 18.8 Å². The fourth-order valence-electron chi connectivity index (χ4n) is 3.18. The Morgan fingerprint density at radius 3 is 3.04 bits per heavy atom. The average molecular weight is 341 g/mol. The minimum atomic E-state index is -0.103. The number of carbonyl (C=O) groups excluding carboxylic acids is 1. The molecule has 0 spiro atoms. The molecule has 1 atom stereocenters. The molecule has 1 aliphatic rings. The summed E-state index contributed by atoms with van der Waals surface area (Å²) in [6.45, 7) is 3.79. The van der Waals surface area contributed by atoms with E-state index in [4.69, 9.17) is 4.52 Å². The fraction of sp³-hybridized carbons (Fsp3) is 0.438. The first-order valence-electron chi connectivity index (χ1n) is 8.27. The first kappa shape index (κ1) is 15.6. The summed E-state index contributed by atoms with van der Waals surface area (Å²) in [6, 6.07) is 1.80. The van der Waals surface area contributed by atoms with Gasteiger partial charge in [-0.05, 0) is 25.3 Å². The van der Waals surface area contributed by atoms with Crippen LogP contribution >= 0.6 is 0 Å². The number of hydrogen-bond acceptors (Lipinski definition) is 6. The third-order valence-corrected chi connectivity index (χ3v) is 4.36. The van der Waals surface area contributed by atoms with Crippen molar-refractivity contribution in [1.82, 2.24) is 34.6 Å². The van der Waals surface area contributed by atoms with E-state index in [-0.39, 0.29) is 11.9 Å². The molecule has 3 aromatic rings. The number of rotatable bonds is 5. The van der Waals surface area contributed by atoms with Crippen LogP contribution in [0.3, 0.4) is 0 Å². The lowest BCUT2D eigenvalue weighted by molar-refractivity contribution is 0.0711. The third-order valence-electron chi connectivity index (χ3n) is 4.36. The smallest absolute Gasteiger partial charge is 0.276 e. The molecule has 0 bridgehead atoms. The Bertz CT molecular complexity index is 852. The lowest BCUT2D eigenvalue weighted by Gasteiger charge is -2.23. The van der Waals surface area contributed by atoms with Gasteiger partial charge in [0.2, 0.25) is 0 Å². The molecule has 0 N–H and O–H groups in total. The van der Waals surface area contributed by atoms with Crippen LogP contribution in [0, 0.1) is 6.92 Å². The largest absolute Gasteiger partial charge is 0.359 e.